The molecule has 0 aromatic heterocycles. The van der Waals surface area contributed by atoms with Crippen LogP contribution in [-0.4, -0.2) is 24.1 Å². The summed E-state index contributed by atoms with van der Waals surface area (Å²) in [6.07, 6.45) is -0.142. The highest BCUT2D eigenvalue weighted by molar-refractivity contribution is 6.18. The Hall–Kier alpha value is -1.06. The highest BCUT2D eigenvalue weighted by atomic mass is 35.5. The molecule has 1 aromatic carbocycles. The van der Waals surface area contributed by atoms with Crippen LogP contribution in [0.3, 0.4) is 0 Å². The molecule has 0 radical (unpaired) electrons. The molecule has 0 amide bonds. The Kier molecular flexibility index (Phi) is 4.12. The summed E-state index contributed by atoms with van der Waals surface area (Å²) >= 11 is 5.69. The van der Waals surface area contributed by atoms with Crippen molar-refractivity contribution >= 4 is 17.6 Å². The maximum Gasteiger partial charge on any atom is 0.308 e. The van der Waals surface area contributed by atoms with Crippen LogP contribution in [0.2, 0.25) is 0 Å². The molecule has 1 N–H and O–H groups in total. The van der Waals surface area contributed by atoms with E-state index < -0.39 is 11.6 Å². The van der Waals surface area contributed by atoms with Crippen LogP contribution >= 0.6 is 11.6 Å². The molecule has 0 aliphatic rings. The fourth-order valence-corrected chi connectivity index (χ4v) is 1.53. The standard InChI is InChI=1S/C11H13ClO3/c1-15-10(13)7-11(14,8-12)9-5-3-2-4-6-9/h2-6,14H,7-8H2,1H3. The molecule has 3 nitrogen and oxygen atoms in total. The first kappa shape index (κ1) is 12.0. The molecule has 82 valence electrons. The Balaban J connectivity index is 2.90. The van der Waals surface area contributed by atoms with E-state index in [1.54, 1.807) is 24.3 Å². The van der Waals surface area contributed by atoms with Gasteiger partial charge in [-0.2, -0.15) is 0 Å². The molecule has 0 heterocycles. The predicted molar refractivity (Wildman–Crippen MR) is 57.7 cm³/mol. The van der Waals surface area contributed by atoms with Crippen LogP contribution in [0.1, 0.15) is 12.0 Å². The van der Waals surface area contributed by atoms with Crippen molar-refractivity contribution < 1.29 is 14.6 Å². The minimum absolute atomic E-state index is 0.0495. The lowest BCUT2D eigenvalue weighted by atomic mass is 9.92. The average molecular weight is 229 g/mol. The third-order valence-corrected chi connectivity index (χ3v) is 2.64. The molecule has 0 saturated carbocycles. The summed E-state index contributed by atoms with van der Waals surface area (Å²) in [5, 5.41) is 10.2. The molecule has 15 heavy (non-hydrogen) atoms. The second-order valence-corrected chi connectivity index (χ2v) is 3.55. The van der Waals surface area contributed by atoms with Crippen LogP contribution < -0.4 is 0 Å². The van der Waals surface area contributed by atoms with Crippen molar-refractivity contribution in [2.24, 2.45) is 0 Å². The van der Waals surface area contributed by atoms with E-state index in [0.29, 0.717) is 5.56 Å². The number of ether oxygens (including phenoxy) is 1. The molecule has 1 unspecified atom stereocenters. The lowest BCUT2D eigenvalue weighted by Crippen LogP contribution is -2.31. The maximum atomic E-state index is 11.1. The van der Waals surface area contributed by atoms with Crippen LogP contribution in [0.4, 0.5) is 0 Å². The van der Waals surface area contributed by atoms with Crippen LogP contribution in [0, 0.1) is 0 Å². The van der Waals surface area contributed by atoms with Crippen LogP contribution in [0.5, 0.6) is 0 Å². The third-order valence-electron chi connectivity index (χ3n) is 2.20. The number of carbonyl (C=O) groups is 1. The van der Waals surface area contributed by atoms with Crippen molar-refractivity contribution in [3.63, 3.8) is 0 Å². The van der Waals surface area contributed by atoms with Crippen LogP contribution in [-0.2, 0) is 15.1 Å². The van der Waals surface area contributed by atoms with Gasteiger partial charge in [-0.15, -0.1) is 11.6 Å². The second-order valence-electron chi connectivity index (χ2n) is 3.28. The van der Waals surface area contributed by atoms with Gasteiger partial charge < -0.3 is 9.84 Å². The second kappa shape index (κ2) is 5.14. The molecule has 0 saturated heterocycles. The number of methoxy groups -OCH3 is 1. The highest BCUT2D eigenvalue weighted by Crippen LogP contribution is 2.26. The number of hydrogen-bond acceptors (Lipinski definition) is 3. The topological polar surface area (TPSA) is 46.5 Å². The number of carbonyl (C=O) groups excluding carboxylic acids is 1. The van der Waals surface area contributed by atoms with Gasteiger partial charge in [0.2, 0.25) is 0 Å². The minimum atomic E-state index is -1.35. The van der Waals surface area contributed by atoms with E-state index in [4.69, 9.17) is 11.6 Å². The van der Waals surface area contributed by atoms with E-state index in [1.165, 1.54) is 7.11 Å². The van der Waals surface area contributed by atoms with Crippen molar-refractivity contribution in [3.05, 3.63) is 35.9 Å². The van der Waals surface area contributed by atoms with Crippen molar-refractivity contribution in [1.82, 2.24) is 0 Å². The van der Waals surface area contributed by atoms with Gasteiger partial charge in [0.25, 0.3) is 0 Å². The van der Waals surface area contributed by atoms with Gasteiger partial charge in [-0.1, -0.05) is 30.3 Å². The van der Waals surface area contributed by atoms with Crippen molar-refractivity contribution in [2.75, 3.05) is 13.0 Å². The molecular formula is C11H13ClO3. The third kappa shape index (κ3) is 2.94. The largest absolute Gasteiger partial charge is 0.469 e. The summed E-state index contributed by atoms with van der Waals surface area (Å²) in [6.45, 7) is 0. The van der Waals surface area contributed by atoms with E-state index >= 15 is 0 Å². The number of esters is 1. The fraction of sp³-hybridized carbons (Fsp3) is 0.364. The minimum Gasteiger partial charge on any atom is -0.469 e. The van der Waals surface area contributed by atoms with Gasteiger partial charge in [-0.05, 0) is 5.56 Å². The Morgan fingerprint density at radius 3 is 2.53 bits per heavy atom. The van der Waals surface area contributed by atoms with E-state index in [2.05, 4.69) is 4.74 Å². The van der Waals surface area contributed by atoms with Gasteiger partial charge in [0, 0.05) is 0 Å². The zero-order valence-corrected chi connectivity index (χ0v) is 9.20. The van der Waals surface area contributed by atoms with E-state index in [1.807, 2.05) is 6.07 Å². The molecule has 0 spiro atoms. The molecular weight excluding hydrogens is 216 g/mol. The Morgan fingerprint density at radius 1 is 1.47 bits per heavy atom. The average Bonchev–Trinajstić information content (AvgIpc) is 2.30. The quantitative estimate of drug-likeness (QED) is 0.630. The van der Waals surface area contributed by atoms with E-state index in [0.717, 1.165) is 0 Å². The van der Waals surface area contributed by atoms with Gasteiger partial charge in [0.1, 0.15) is 5.60 Å². The molecule has 1 rings (SSSR count). The van der Waals surface area contributed by atoms with Gasteiger partial charge in [-0.3, -0.25) is 4.79 Å². The van der Waals surface area contributed by atoms with Gasteiger partial charge >= 0.3 is 5.97 Å². The maximum absolute atomic E-state index is 11.1. The smallest absolute Gasteiger partial charge is 0.308 e. The molecule has 1 atom stereocenters. The zero-order valence-electron chi connectivity index (χ0n) is 8.44. The van der Waals surface area contributed by atoms with Crippen molar-refractivity contribution in [2.45, 2.75) is 12.0 Å². The molecule has 0 aliphatic heterocycles. The summed E-state index contributed by atoms with van der Waals surface area (Å²) < 4.78 is 4.51. The first-order chi connectivity index (χ1) is 7.12. The van der Waals surface area contributed by atoms with Crippen molar-refractivity contribution in [1.29, 1.82) is 0 Å². The Bertz CT molecular complexity index is 326. The zero-order chi connectivity index (χ0) is 11.3. The normalized spacial score (nSPS) is 14.3. The van der Waals surface area contributed by atoms with Crippen molar-refractivity contribution in [3.8, 4) is 0 Å². The molecule has 1 aromatic rings. The first-order valence-corrected chi connectivity index (χ1v) is 5.06. The van der Waals surface area contributed by atoms with Crippen LogP contribution in [0.15, 0.2) is 30.3 Å². The van der Waals surface area contributed by atoms with Gasteiger partial charge in [-0.25, -0.2) is 0 Å². The Labute approximate surface area is 93.6 Å². The fourth-order valence-electron chi connectivity index (χ4n) is 1.29. The van der Waals surface area contributed by atoms with Gasteiger partial charge in [0.15, 0.2) is 0 Å². The predicted octanol–water partition coefficient (Wildman–Crippen LogP) is 1.68. The Morgan fingerprint density at radius 2 is 2.07 bits per heavy atom. The monoisotopic (exact) mass is 228 g/mol. The number of rotatable bonds is 4. The summed E-state index contributed by atoms with van der Waals surface area (Å²) in [7, 11) is 1.28. The number of hydrogen-bond donors (Lipinski definition) is 1. The summed E-state index contributed by atoms with van der Waals surface area (Å²) in [6, 6.07) is 8.85. The summed E-state index contributed by atoms with van der Waals surface area (Å²) in [5.74, 6) is -0.534. The van der Waals surface area contributed by atoms with Crippen LogP contribution in [0.25, 0.3) is 0 Å². The number of aliphatic hydroxyl groups is 1. The number of alkyl halides is 1. The van der Waals surface area contributed by atoms with Gasteiger partial charge in [0.05, 0.1) is 19.4 Å². The molecule has 4 heteroatoms. The number of benzene rings is 1. The summed E-state index contributed by atoms with van der Waals surface area (Å²) in [4.78, 5) is 11.1. The SMILES string of the molecule is COC(=O)CC(O)(CCl)c1ccccc1. The summed E-state index contributed by atoms with van der Waals surface area (Å²) in [5.41, 5.74) is -0.735. The van der Waals surface area contributed by atoms with E-state index in [-0.39, 0.29) is 12.3 Å². The molecule has 0 bridgehead atoms. The molecule has 0 aliphatic carbocycles. The first-order valence-electron chi connectivity index (χ1n) is 4.53. The highest BCUT2D eigenvalue weighted by Gasteiger charge is 2.31. The number of halogens is 1. The lowest BCUT2D eigenvalue weighted by molar-refractivity contribution is -0.145. The lowest BCUT2D eigenvalue weighted by Gasteiger charge is -2.24. The van der Waals surface area contributed by atoms with E-state index in [9.17, 15) is 9.90 Å². The molecule has 0 fully saturated rings.